The topological polar surface area (TPSA) is 91.4 Å². The van der Waals surface area contributed by atoms with Crippen LogP contribution in [0.4, 0.5) is 23.4 Å². The van der Waals surface area contributed by atoms with Crippen LogP contribution in [0, 0.1) is 5.82 Å². The molecule has 0 saturated carbocycles. The molecular formula is C22H20F4N4O3. The number of alkyl halides is 3. The molecule has 2 unspecified atom stereocenters. The predicted molar refractivity (Wildman–Crippen MR) is 112 cm³/mol. The van der Waals surface area contributed by atoms with Crippen LogP contribution in [-0.4, -0.2) is 36.1 Å². The van der Waals surface area contributed by atoms with Gasteiger partial charge in [-0.1, -0.05) is 6.07 Å². The molecule has 4 rings (SSSR count). The van der Waals surface area contributed by atoms with E-state index in [1.165, 1.54) is 32.4 Å². The molecule has 1 aliphatic heterocycles. The zero-order chi connectivity index (χ0) is 23.9. The number of nitrogens with two attached hydrogens (primary N) is 1. The summed E-state index contributed by atoms with van der Waals surface area (Å²) in [5, 5.41) is 7.08. The number of fused-ring (bicyclic) bond motifs is 1. The summed E-state index contributed by atoms with van der Waals surface area (Å²) in [5.74, 6) is -0.719. The minimum atomic E-state index is -4.59. The molecule has 3 aromatic rings. The van der Waals surface area contributed by atoms with Crippen molar-refractivity contribution in [2.24, 2.45) is 5.73 Å². The van der Waals surface area contributed by atoms with Crippen LogP contribution in [0.5, 0.6) is 11.5 Å². The van der Waals surface area contributed by atoms with Crippen LogP contribution in [0.3, 0.4) is 0 Å². The molecule has 3 N–H and O–H groups in total. The molecule has 174 valence electrons. The molecule has 33 heavy (non-hydrogen) atoms. The van der Waals surface area contributed by atoms with Crippen LogP contribution < -0.4 is 20.5 Å². The second kappa shape index (κ2) is 8.30. The maximum absolute atomic E-state index is 14.6. The molecule has 11 heteroatoms. The quantitative estimate of drug-likeness (QED) is 0.544. The largest absolute Gasteiger partial charge is 0.493 e. The van der Waals surface area contributed by atoms with E-state index in [1.54, 1.807) is 18.2 Å². The number of hydrogen-bond acceptors (Lipinski definition) is 5. The lowest BCUT2D eigenvalue weighted by Crippen LogP contribution is -2.35. The Kier molecular flexibility index (Phi) is 5.64. The third-order valence-corrected chi connectivity index (χ3v) is 5.53. The van der Waals surface area contributed by atoms with Gasteiger partial charge in [-0.05, 0) is 35.9 Å². The fraction of sp³-hybridized carbons (Fsp3) is 0.273. The highest BCUT2D eigenvalue weighted by atomic mass is 19.4. The third-order valence-electron chi connectivity index (χ3n) is 5.53. The molecule has 0 spiro atoms. The number of amides is 1. The van der Waals surface area contributed by atoms with Crippen molar-refractivity contribution >= 4 is 11.7 Å². The number of halogens is 4. The number of benzene rings is 2. The third kappa shape index (κ3) is 4.18. The number of nitrogens with one attached hydrogen (secondary N) is 1. The molecule has 2 heterocycles. The van der Waals surface area contributed by atoms with Gasteiger partial charge in [0.2, 0.25) is 5.91 Å². The highest BCUT2D eigenvalue weighted by molar-refractivity contribution is 5.93. The van der Waals surface area contributed by atoms with Crippen LogP contribution in [0.1, 0.15) is 34.4 Å². The summed E-state index contributed by atoms with van der Waals surface area (Å²) >= 11 is 0. The molecule has 1 aliphatic rings. The molecule has 1 amide bonds. The van der Waals surface area contributed by atoms with E-state index in [0.717, 1.165) is 10.7 Å². The zero-order valence-corrected chi connectivity index (χ0v) is 17.6. The SMILES string of the molecule is COc1ccc(C2CC(C(F)(F)F)n3nc(-c4ccc(C(N)=O)cc4F)cc3N2)cc1OC. The van der Waals surface area contributed by atoms with Gasteiger partial charge in [0, 0.05) is 23.6 Å². The van der Waals surface area contributed by atoms with Crippen molar-refractivity contribution in [2.75, 3.05) is 19.5 Å². The minimum absolute atomic E-state index is 0.00627. The first-order valence-corrected chi connectivity index (χ1v) is 9.86. The average Bonchev–Trinajstić information content (AvgIpc) is 3.20. The van der Waals surface area contributed by atoms with Gasteiger partial charge in [0.05, 0.1) is 26.0 Å². The van der Waals surface area contributed by atoms with E-state index in [1.807, 2.05) is 0 Å². The Morgan fingerprint density at radius 3 is 2.45 bits per heavy atom. The molecule has 2 atom stereocenters. The number of nitrogens with zero attached hydrogens (tertiary/aromatic N) is 2. The molecule has 1 aromatic heterocycles. The summed E-state index contributed by atoms with van der Waals surface area (Å²) in [7, 11) is 2.90. The van der Waals surface area contributed by atoms with E-state index >= 15 is 0 Å². The summed E-state index contributed by atoms with van der Waals surface area (Å²) < 4.78 is 67.7. The molecule has 0 aliphatic carbocycles. The van der Waals surface area contributed by atoms with E-state index in [9.17, 15) is 22.4 Å². The first-order valence-electron chi connectivity index (χ1n) is 9.86. The van der Waals surface area contributed by atoms with Crippen LogP contribution in [0.15, 0.2) is 42.5 Å². The second-order valence-electron chi connectivity index (χ2n) is 7.52. The molecule has 2 aromatic carbocycles. The summed E-state index contributed by atoms with van der Waals surface area (Å²) in [6.45, 7) is 0. The Balaban J connectivity index is 1.75. The Labute approximate surface area is 186 Å². The van der Waals surface area contributed by atoms with Crippen molar-refractivity contribution in [1.82, 2.24) is 9.78 Å². The van der Waals surface area contributed by atoms with Crippen LogP contribution in [0.2, 0.25) is 0 Å². The number of ether oxygens (including phenoxy) is 2. The van der Waals surface area contributed by atoms with E-state index in [-0.39, 0.29) is 29.1 Å². The summed E-state index contributed by atoms with van der Waals surface area (Å²) in [5.41, 5.74) is 5.60. The summed E-state index contributed by atoms with van der Waals surface area (Å²) in [4.78, 5) is 11.3. The number of carbonyl (C=O) groups is 1. The number of hydrogen-bond donors (Lipinski definition) is 2. The van der Waals surface area contributed by atoms with E-state index in [4.69, 9.17) is 15.2 Å². The summed E-state index contributed by atoms with van der Waals surface area (Å²) in [6, 6.07) is 7.06. The van der Waals surface area contributed by atoms with Crippen LogP contribution in [0.25, 0.3) is 11.3 Å². The van der Waals surface area contributed by atoms with Crippen molar-refractivity contribution in [1.29, 1.82) is 0 Å². The first-order chi connectivity index (χ1) is 15.6. The minimum Gasteiger partial charge on any atom is -0.493 e. The highest BCUT2D eigenvalue weighted by Gasteiger charge is 2.46. The maximum atomic E-state index is 14.6. The molecule has 7 nitrogen and oxygen atoms in total. The lowest BCUT2D eigenvalue weighted by Gasteiger charge is -2.33. The Morgan fingerprint density at radius 1 is 1.12 bits per heavy atom. The maximum Gasteiger partial charge on any atom is 0.410 e. The Hall–Kier alpha value is -3.76. The highest BCUT2D eigenvalue weighted by Crippen LogP contribution is 2.45. The van der Waals surface area contributed by atoms with E-state index in [0.29, 0.717) is 17.1 Å². The van der Waals surface area contributed by atoms with Gasteiger partial charge in [-0.25, -0.2) is 9.07 Å². The van der Waals surface area contributed by atoms with E-state index in [2.05, 4.69) is 10.4 Å². The first kappa shape index (κ1) is 22.4. The Morgan fingerprint density at radius 2 is 1.85 bits per heavy atom. The van der Waals surface area contributed by atoms with Gasteiger partial charge in [-0.15, -0.1) is 0 Å². The van der Waals surface area contributed by atoms with Gasteiger partial charge in [0.1, 0.15) is 11.6 Å². The van der Waals surface area contributed by atoms with Gasteiger partial charge in [-0.3, -0.25) is 4.79 Å². The summed E-state index contributed by atoms with van der Waals surface area (Å²) in [6.07, 6.45) is -4.93. The van der Waals surface area contributed by atoms with Crippen molar-refractivity contribution in [3.63, 3.8) is 0 Å². The number of methoxy groups -OCH3 is 2. The standard InChI is InChI=1S/C22H20F4N4O3/c1-32-17-6-4-11(8-18(17)33-2)15-9-19(22(24,25)26)30-20(28-15)10-16(29-30)13-5-3-12(21(27)31)7-14(13)23/h3-8,10,15,19,28H,9H2,1-2H3,(H2,27,31). The fourth-order valence-corrected chi connectivity index (χ4v) is 3.87. The molecule has 0 bridgehead atoms. The number of aromatic nitrogens is 2. The second-order valence-corrected chi connectivity index (χ2v) is 7.52. The van der Waals surface area contributed by atoms with Gasteiger partial charge in [-0.2, -0.15) is 18.3 Å². The average molecular weight is 464 g/mol. The predicted octanol–water partition coefficient (Wildman–Crippen LogP) is 4.47. The molecule has 0 saturated heterocycles. The van der Waals surface area contributed by atoms with Crippen molar-refractivity contribution in [3.8, 4) is 22.8 Å². The van der Waals surface area contributed by atoms with Gasteiger partial charge < -0.3 is 20.5 Å². The van der Waals surface area contributed by atoms with Crippen LogP contribution in [-0.2, 0) is 0 Å². The number of carbonyl (C=O) groups excluding carboxylic acids is 1. The Bertz CT molecular complexity index is 1210. The van der Waals surface area contributed by atoms with Crippen molar-refractivity contribution in [2.45, 2.75) is 24.7 Å². The monoisotopic (exact) mass is 464 g/mol. The normalized spacial score (nSPS) is 17.8. The lowest BCUT2D eigenvalue weighted by molar-refractivity contribution is -0.173. The molecular weight excluding hydrogens is 444 g/mol. The molecule has 0 radical (unpaired) electrons. The van der Waals surface area contributed by atoms with Gasteiger partial charge in [0.25, 0.3) is 0 Å². The van der Waals surface area contributed by atoms with Gasteiger partial charge in [0.15, 0.2) is 17.5 Å². The van der Waals surface area contributed by atoms with Crippen molar-refractivity contribution < 1.29 is 31.8 Å². The van der Waals surface area contributed by atoms with E-state index < -0.39 is 30.0 Å². The van der Waals surface area contributed by atoms with Gasteiger partial charge >= 0.3 is 6.18 Å². The number of primary amides is 1. The lowest BCUT2D eigenvalue weighted by atomic mass is 9.96. The number of rotatable bonds is 5. The zero-order valence-electron chi connectivity index (χ0n) is 17.6. The smallest absolute Gasteiger partial charge is 0.410 e. The van der Waals surface area contributed by atoms with Crippen molar-refractivity contribution in [3.05, 3.63) is 59.4 Å². The molecule has 0 fully saturated rings. The fourth-order valence-electron chi connectivity index (χ4n) is 3.87. The van der Waals surface area contributed by atoms with Crippen LogP contribution >= 0.6 is 0 Å². The number of anilines is 1.